The number of hydrogen-bond acceptors (Lipinski definition) is 4. The molecule has 0 aliphatic rings. The van der Waals surface area contributed by atoms with Crippen LogP contribution in [0.4, 0.5) is 10.6 Å². The molecule has 2 heterocycles. The molecular formula is C14H16N4O2S. The highest BCUT2D eigenvalue weighted by molar-refractivity contribution is 7.11. The average molecular weight is 304 g/mol. The summed E-state index contributed by atoms with van der Waals surface area (Å²) in [7, 11) is 1.70. The summed E-state index contributed by atoms with van der Waals surface area (Å²) in [6, 6.07) is 8.43. The zero-order chi connectivity index (χ0) is 15.4. The normalized spacial score (nSPS) is 10.2. The third-order valence-corrected chi connectivity index (χ3v) is 3.76. The molecule has 0 aromatic carbocycles. The SMILES string of the molecule is Cc1ccc(CN(C)C(=O)Nc2cccc(C(N)=O)n2)s1. The van der Waals surface area contributed by atoms with Gasteiger partial charge in [-0.3, -0.25) is 10.1 Å². The maximum atomic E-state index is 12.1. The van der Waals surface area contributed by atoms with Crippen LogP contribution in [0, 0.1) is 6.92 Å². The third-order valence-electron chi connectivity index (χ3n) is 2.77. The van der Waals surface area contributed by atoms with E-state index >= 15 is 0 Å². The van der Waals surface area contributed by atoms with Crippen LogP contribution >= 0.6 is 11.3 Å². The van der Waals surface area contributed by atoms with Crippen molar-refractivity contribution in [3.8, 4) is 0 Å². The number of amides is 3. The van der Waals surface area contributed by atoms with Crippen LogP contribution in [-0.2, 0) is 6.54 Å². The lowest BCUT2D eigenvalue weighted by atomic mass is 10.3. The van der Waals surface area contributed by atoms with Crippen LogP contribution in [0.5, 0.6) is 0 Å². The Bertz CT molecular complexity index is 668. The summed E-state index contributed by atoms with van der Waals surface area (Å²) in [6.07, 6.45) is 0. The third kappa shape index (κ3) is 4.03. The molecule has 0 aliphatic heterocycles. The number of nitrogens with two attached hydrogens (primary N) is 1. The molecule has 0 fully saturated rings. The molecule has 3 N–H and O–H groups in total. The Kier molecular flexibility index (Phi) is 4.54. The number of aromatic nitrogens is 1. The summed E-state index contributed by atoms with van der Waals surface area (Å²) in [6.45, 7) is 2.54. The van der Waals surface area contributed by atoms with Crippen LogP contribution in [0.1, 0.15) is 20.2 Å². The van der Waals surface area contributed by atoms with E-state index in [4.69, 9.17) is 5.73 Å². The van der Waals surface area contributed by atoms with Crippen LogP contribution < -0.4 is 11.1 Å². The second-order valence-electron chi connectivity index (χ2n) is 4.57. The summed E-state index contributed by atoms with van der Waals surface area (Å²) >= 11 is 1.65. The molecule has 2 aromatic heterocycles. The largest absolute Gasteiger partial charge is 0.364 e. The van der Waals surface area contributed by atoms with Crippen LogP contribution in [0.2, 0.25) is 0 Å². The first-order valence-corrected chi connectivity index (χ1v) is 7.11. The highest BCUT2D eigenvalue weighted by atomic mass is 32.1. The second-order valence-corrected chi connectivity index (χ2v) is 5.94. The number of nitrogens with zero attached hydrogens (tertiary/aromatic N) is 2. The number of aryl methyl sites for hydroxylation is 1. The van der Waals surface area contributed by atoms with Gasteiger partial charge in [0.05, 0.1) is 6.54 Å². The minimum atomic E-state index is -0.631. The number of rotatable bonds is 4. The maximum Gasteiger partial charge on any atom is 0.323 e. The van der Waals surface area contributed by atoms with Gasteiger partial charge in [0, 0.05) is 16.8 Å². The Morgan fingerprint density at radius 3 is 2.71 bits per heavy atom. The fourth-order valence-electron chi connectivity index (χ4n) is 1.72. The molecule has 0 aliphatic carbocycles. The molecule has 6 nitrogen and oxygen atoms in total. The zero-order valence-electron chi connectivity index (χ0n) is 11.8. The Balaban J connectivity index is 2.00. The first-order valence-electron chi connectivity index (χ1n) is 6.30. The van der Waals surface area contributed by atoms with Gasteiger partial charge in [-0.2, -0.15) is 0 Å². The number of hydrogen-bond donors (Lipinski definition) is 2. The molecule has 2 rings (SSSR count). The summed E-state index contributed by atoms with van der Waals surface area (Å²) < 4.78 is 0. The molecule has 0 saturated heterocycles. The predicted octanol–water partition coefficient (Wildman–Crippen LogP) is 2.21. The van der Waals surface area contributed by atoms with E-state index < -0.39 is 5.91 Å². The lowest BCUT2D eigenvalue weighted by Crippen LogP contribution is -2.31. The standard InChI is InChI=1S/C14H16N4O2S/c1-9-6-7-10(21-9)8-18(2)14(20)17-12-5-3-4-11(16-12)13(15)19/h3-7H,8H2,1-2H3,(H2,15,19)(H,16,17,20). The Hall–Kier alpha value is -2.41. The van der Waals surface area contributed by atoms with Gasteiger partial charge >= 0.3 is 6.03 Å². The molecular weight excluding hydrogens is 288 g/mol. The van der Waals surface area contributed by atoms with Crippen molar-refractivity contribution in [1.82, 2.24) is 9.88 Å². The van der Waals surface area contributed by atoms with Crippen molar-refractivity contribution in [3.05, 3.63) is 45.8 Å². The monoisotopic (exact) mass is 304 g/mol. The predicted molar refractivity (Wildman–Crippen MR) is 82.3 cm³/mol. The van der Waals surface area contributed by atoms with E-state index in [0.717, 1.165) is 4.88 Å². The van der Waals surface area contributed by atoms with Crippen molar-refractivity contribution in [2.24, 2.45) is 5.73 Å². The minimum absolute atomic E-state index is 0.115. The summed E-state index contributed by atoms with van der Waals surface area (Å²) in [5, 5.41) is 2.64. The first kappa shape index (κ1) is 15.0. The van der Waals surface area contributed by atoms with Gasteiger partial charge in [-0.05, 0) is 31.2 Å². The summed E-state index contributed by atoms with van der Waals surface area (Å²) in [5.74, 6) is -0.334. The molecule has 3 amide bonds. The quantitative estimate of drug-likeness (QED) is 0.907. The molecule has 0 radical (unpaired) electrons. The number of carbonyl (C=O) groups is 2. The second kappa shape index (κ2) is 6.36. The smallest absolute Gasteiger partial charge is 0.323 e. The highest BCUT2D eigenvalue weighted by Gasteiger charge is 2.12. The molecule has 21 heavy (non-hydrogen) atoms. The number of thiophene rings is 1. The molecule has 0 saturated carbocycles. The highest BCUT2D eigenvalue weighted by Crippen LogP contribution is 2.17. The lowest BCUT2D eigenvalue weighted by molar-refractivity contribution is 0.0995. The number of carbonyl (C=O) groups excluding carboxylic acids is 2. The van der Waals surface area contributed by atoms with E-state index in [1.807, 2.05) is 19.1 Å². The minimum Gasteiger partial charge on any atom is -0.364 e. The van der Waals surface area contributed by atoms with Gasteiger partial charge in [0.2, 0.25) is 0 Å². The maximum absolute atomic E-state index is 12.1. The topological polar surface area (TPSA) is 88.3 Å². The van der Waals surface area contributed by atoms with Gasteiger partial charge in [0.15, 0.2) is 0 Å². The fraction of sp³-hybridized carbons (Fsp3) is 0.214. The van der Waals surface area contributed by atoms with Crippen molar-refractivity contribution in [2.45, 2.75) is 13.5 Å². The van der Waals surface area contributed by atoms with Gasteiger partial charge in [-0.25, -0.2) is 9.78 Å². The molecule has 110 valence electrons. The van der Waals surface area contributed by atoms with Crippen molar-refractivity contribution in [2.75, 3.05) is 12.4 Å². The molecule has 0 unspecified atom stereocenters. The van der Waals surface area contributed by atoms with E-state index in [1.54, 1.807) is 35.4 Å². The number of primary amides is 1. The van der Waals surface area contributed by atoms with Crippen LogP contribution in [0.25, 0.3) is 0 Å². The average Bonchev–Trinajstić information content (AvgIpc) is 2.84. The van der Waals surface area contributed by atoms with Gasteiger partial charge in [0.1, 0.15) is 11.5 Å². The number of anilines is 1. The van der Waals surface area contributed by atoms with Crippen LogP contribution in [0.3, 0.4) is 0 Å². The number of urea groups is 1. The molecule has 0 atom stereocenters. The lowest BCUT2D eigenvalue weighted by Gasteiger charge is -2.16. The number of nitrogens with one attached hydrogen (secondary N) is 1. The first-order chi connectivity index (χ1) is 9.95. The Morgan fingerprint density at radius 1 is 1.33 bits per heavy atom. The fourth-order valence-corrected chi connectivity index (χ4v) is 2.67. The Morgan fingerprint density at radius 2 is 2.10 bits per heavy atom. The molecule has 0 spiro atoms. The number of pyridine rings is 1. The van der Waals surface area contributed by atoms with Gasteiger partial charge in [-0.1, -0.05) is 6.07 Å². The van der Waals surface area contributed by atoms with E-state index in [2.05, 4.69) is 10.3 Å². The van der Waals surface area contributed by atoms with Crippen molar-refractivity contribution in [3.63, 3.8) is 0 Å². The zero-order valence-corrected chi connectivity index (χ0v) is 12.6. The molecule has 7 heteroatoms. The summed E-state index contributed by atoms with van der Waals surface area (Å²) in [4.78, 5) is 30.9. The van der Waals surface area contributed by atoms with Crippen molar-refractivity contribution < 1.29 is 9.59 Å². The Labute approximate surface area is 126 Å². The molecule has 2 aromatic rings. The molecule has 0 bridgehead atoms. The van der Waals surface area contributed by atoms with Crippen LogP contribution in [0.15, 0.2) is 30.3 Å². The van der Waals surface area contributed by atoms with E-state index in [-0.39, 0.29) is 11.7 Å². The van der Waals surface area contributed by atoms with Crippen molar-refractivity contribution >= 4 is 29.1 Å². The van der Waals surface area contributed by atoms with Crippen LogP contribution in [-0.4, -0.2) is 28.9 Å². The van der Waals surface area contributed by atoms with Gasteiger partial charge in [0.25, 0.3) is 5.91 Å². The van der Waals surface area contributed by atoms with E-state index in [0.29, 0.717) is 12.4 Å². The van der Waals surface area contributed by atoms with Gasteiger partial charge < -0.3 is 10.6 Å². The van der Waals surface area contributed by atoms with E-state index in [1.165, 1.54) is 10.9 Å². The summed E-state index contributed by atoms with van der Waals surface area (Å²) in [5.41, 5.74) is 5.27. The van der Waals surface area contributed by atoms with E-state index in [9.17, 15) is 9.59 Å². The van der Waals surface area contributed by atoms with Gasteiger partial charge in [-0.15, -0.1) is 11.3 Å². The van der Waals surface area contributed by atoms with Crippen molar-refractivity contribution in [1.29, 1.82) is 0 Å².